The average Bonchev–Trinajstić information content (AvgIpc) is 3.02. The third kappa shape index (κ3) is 5.57. The number of ether oxygens (including phenoxy) is 1. The van der Waals surface area contributed by atoms with E-state index in [-0.39, 0.29) is 12.5 Å². The van der Waals surface area contributed by atoms with Crippen molar-refractivity contribution in [1.82, 2.24) is 9.80 Å². The van der Waals surface area contributed by atoms with Crippen LogP contribution in [0.4, 0.5) is 13.2 Å². The zero-order valence-electron chi connectivity index (χ0n) is 17.4. The molecule has 31 heavy (non-hydrogen) atoms. The lowest BCUT2D eigenvalue weighted by Gasteiger charge is -2.22. The summed E-state index contributed by atoms with van der Waals surface area (Å²) in [5.74, 6) is -4.45. The Bertz CT molecular complexity index is 952. The molecule has 2 amide bonds. The average molecular weight is 434 g/mol. The van der Waals surface area contributed by atoms with Crippen molar-refractivity contribution in [2.45, 2.75) is 26.2 Å². The molecule has 2 aromatic carbocycles. The van der Waals surface area contributed by atoms with Crippen LogP contribution in [0.5, 0.6) is 5.75 Å². The molecule has 0 unspecified atom stereocenters. The van der Waals surface area contributed by atoms with Gasteiger partial charge in [-0.1, -0.05) is 18.2 Å². The number of amides is 2. The van der Waals surface area contributed by atoms with E-state index in [9.17, 15) is 22.8 Å². The van der Waals surface area contributed by atoms with Gasteiger partial charge in [-0.2, -0.15) is 0 Å². The van der Waals surface area contributed by atoms with Crippen LogP contribution in [0.25, 0.3) is 0 Å². The zero-order chi connectivity index (χ0) is 22.4. The maximum absolute atomic E-state index is 14.0. The molecule has 3 rings (SSSR count). The molecule has 1 aliphatic heterocycles. The van der Waals surface area contributed by atoms with Gasteiger partial charge < -0.3 is 14.5 Å². The largest absolute Gasteiger partial charge is 0.493 e. The zero-order valence-corrected chi connectivity index (χ0v) is 17.4. The fourth-order valence-corrected chi connectivity index (χ4v) is 3.51. The Kier molecular flexibility index (Phi) is 7.55. The Balaban J connectivity index is 1.49. The van der Waals surface area contributed by atoms with Crippen LogP contribution in [0, 0.1) is 24.4 Å². The molecule has 0 N–H and O–H groups in total. The molecular formula is C23H25F3N2O3. The van der Waals surface area contributed by atoms with Gasteiger partial charge in [-0.3, -0.25) is 9.59 Å². The van der Waals surface area contributed by atoms with Crippen molar-refractivity contribution in [2.24, 2.45) is 0 Å². The summed E-state index contributed by atoms with van der Waals surface area (Å²) in [5, 5.41) is 0. The minimum absolute atomic E-state index is 0.0401. The van der Waals surface area contributed by atoms with Crippen molar-refractivity contribution in [2.75, 3.05) is 32.8 Å². The molecule has 1 aliphatic rings. The van der Waals surface area contributed by atoms with Crippen molar-refractivity contribution in [1.29, 1.82) is 0 Å². The highest BCUT2D eigenvalue weighted by Crippen LogP contribution is 2.19. The fourth-order valence-electron chi connectivity index (χ4n) is 3.51. The first kappa shape index (κ1) is 22.7. The first-order valence-electron chi connectivity index (χ1n) is 10.3. The third-order valence-corrected chi connectivity index (χ3v) is 5.29. The van der Waals surface area contributed by atoms with Gasteiger partial charge in [0.2, 0.25) is 5.91 Å². The maximum Gasteiger partial charge on any atom is 0.257 e. The molecule has 1 heterocycles. The number of halogens is 3. The lowest BCUT2D eigenvalue weighted by Crippen LogP contribution is -2.37. The SMILES string of the molecule is Cc1ccccc1OCCCC(=O)N1CCCN(C(=O)c2ccc(F)c(F)c2F)CC1. The van der Waals surface area contributed by atoms with Crippen molar-refractivity contribution in [3.63, 3.8) is 0 Å². The highest BCUT2D eigenvalue weighted by Gasteiger charge is 2.26. The van der Waals surface area contributed by atoms with Gasteiger partial charge in [-0.25, -0.2) is 13.2 Å². The van der Waals surface area contributed by atoms with E-state index < -0.39 is 28.9 Å². The molecule has 0 bridgehead atoms. The van der Waals surface area contributed by atoms with Crippen molar-refractivity contribution < 1.29 is 27.5 Å². The molecule has 0 aliphatic carbocycles. The molecule has 0 saturated carbocycles. The van der Waals surface area contributed by atoms with Gasteiger partial charge >= 0.3 is 0 Å². The number of rotatable bonds is 6. The first-order valence-corrected chi connectivity index (χ1v) is 10.3. The summed E-state index contributed by atoms with van der Waals surface area (Å²) in [6.45, 7) is 3.65. The van der Waals surface area contributed by atoms with Gasteiger partial charge in [0.25, 0.3) is 5.91 Å². The van der Waals surface area contributed by atoms with Gasteiger partial charge in [0, 0.05) is 32.6 Å². The van der Waals surface area contributed by atoms with Crippen LogP contribution in [0.3, 0.4) is 0 Å². The summed E-state index contributed by atoms with van der Waals surface area (Å²) in [5.41, 5.74) is 0.524. The van der Waals surface area contributed by atoms with E-state index in [4.69, 9.17) is 4.74 Å². The lowest BCUT2D eigenvalue weighted by molar-refractivity contribution is -0.131. The van der Waals surface area contributed by atoms with Crippen molar-refractivity contribution in [3.8, 4) is 5.75 Å². The molecule has 2 aromatic rings. The molecule has 8 heteroatoms. The Labute approximate surface area is 179 Å². The predicted molar refractivity (Wildman–Crippen MR) is 109 cm³/mol. The minimum Gasteiger partial charge on any atom is -0.493 e. The van der Waals surface area contributed by atoms with Gasteiger partial charge in [0.15, 0.2) is 17.5 Å². The number of hydrogen-bond acceptors (Lipinski definition) is 3. The number of hydrogen-bond donors (Lipinski definition) is 0. The molecule has 0 spiro atoms. The Morgan fingerprint density at radius 3 is 2.42 bits per heavy atom. The number of benzene rings is 2. The molecule has 5 nitrogen and oxygen atoms in total. The van der Waals surface area contributed by atoms with Gasteiger partial charge in [-0.15, -0.1) is 0 Å². The topological polar surface area (TPSA) is 49.9 Å². The standard InChI is InChI=1S/C23H25F3N2O3/c1-16-6-2-3-7-19(16)31-15-4-8-20(29)27-11-5-12-28(14-13-27)23(30)17-9-10-18(24)22(26)21(17)25/h2-3,6-7,9-10H,4-5,8,11-15H2,1H3. The molecule has 0 atom stereocenters. The maximum atomic E-state index is 14.0. The van der Waals surface area contributed by atoms with Crippen LogP contribution in [-0.2, 0) is 4.79 Å². The predicted octanol–water partition coefficient (Wildman–Crippen LogP) is 3.95. The second kappa shape index (κ2) is 10.3. The van der Waals surface area contributed by atoms with E-state index in [0.717, 1.165) is 23.4 Å². The first-order chi connectivity index (χ1) is 14.9. The summed E-state index contributed by atoms with van der Waals surface area (Å²) >= 11 is 0. The number of para-hydroxylation sites is 1. The van der Waals surface area contributed by atoms with Gasteiger partial charge in [0.05, 0.1) is 12.2 Å². The van der Waals surface area contributed by atoms with Crippen molar-refractivity contribution in [3.05, 3.63) is 65.0 Å². The molecule has 0 aromatic heterocycles. The van der Waals surface area contributed by atoms with E-state index in [0.29, 0.717) is 45.5 Å². The van der Waals surface area contributed by atoms with Crippen LogP contribution in [0.1, 0.15) is 35.2 Å². The molecule has 166 valence electrons. The second-order valence-electron chi connectivity index (χ2n) is 7.47. The van der Waals surface area contributed by atoms with E-state index >= 15 is 0 Å². The normalized spacial score (nSPS) is 14.3. The quantitative estimate of drug-likeness (QED) is 0.511. The third-order valence-electron chi connectivity index (χ3n) is 5.29. The summed E-state index contributed by atoms with van der Waals surface area (Å²) in [4.78, 5) is 28.1. The van der Waals surface area contributed by atoms with Gasteiger partial charge in [-0.05, 0) is 43.5 Å². The highest BCUT2D eigenvalue weighted by atomic mass is 19.2. The molecule has 0 radical (unpaired) electrons. The Hall–Kier alpha value is -3.03. The van der Waals surface area contributed by atoms with Gasteiger partial charge in [0.1, 0.15) is 5.75 Å². The van der Waals surface area contributed by atoms with E-state index in [1.54, 1.807) is 4.90 Å². The van der Waals surface area contributed by atoms with E-state index in [2.05, 4.69) is 0 Å². The number of carbonyl (C=O) groups excluding carboxylic acids is 2. The van der Waals surface area contributed by atoms with Crippen LogP contribution >= 0.6 is 0 Å². The summed E-state index contributed by atoms with van der Waals surface area (Å²) in [6, 6.07) is 9.34. The van der Waals surface area contributed by atoms with Crippen LogP contribution < -0.4 is 4.74 Å². The van der Waals surface area contributed by atoms with E-state index in [1.165, 1.54) is 4.90 Å². The summed E-state index contributed by atoms with van der Waals surface area (Å²) < 4.78 is 46.2. The summed E-state index contributed by atoms with van der Waals surface area (Å²) in [7, 11) is 0. The Morgan fingerprint density at radius 1 is 0.935 bits per heavy atom. The summed E-state index contributed by atoms with van der Waals surface area (Å²) in [6.07, 6.45) is 1.40. The van der Waals surface area contributed by atoms with Crippen LogP contribution in [0.15, 0.2) is 36.4 Å². The second-order valence-corrected chi connectivity index (χ2v) is 7.47. The molecular weight excluding hydrogens is 409 g/mol. The Morgan fingerprint density at radius 2 is 1.65 bits per heavy atom. The van der Waals surface area contributed by atoms with Crippen molar-refractivity contribution >= 4 is 11.8 Å². The lowest BCUT2D eigenvalue weighted by atomic mass is 10.1. The van der Waals surface area contributed by atoms with Crippen LogP contribution in [-0.4, -0.2) is 54.4 Å². The monoisotopic (exact) mass is 434 g/mol. The smallest absolute Gasteiger partial charge is 0.257 e. The van der Waals surface area contributed by atoms with E-state index in [1.807, 2.05) is 31.2 Å². The van der Waals surface area contributed by atoms with Crippen LogP contribution in [0.2, 0.25) is 0 Å². The molecule has 1 fully saturated rings. The molecule has 1 saturated heterocycles. The number of aryl methyl sites for hydroxylation is 1. The fraction of sp³-hybridized carbons (Fsp3) is 0.391. The minimum atomic E-state index is -1.66. The number of nitrogens with zero attached hydrogens (tertiary/aromatic N) is 2. The number of carbonyl (C=O) groups is 2. The highest BCUT2D eigenvalue weighted by molar-refractivity contribution is 5.94.